The Morgan fingerprint density at radius 2 is 1.86 bits per heavy atom. The van der Waals surface area contributed by atoms with E-state index in [-0.39, 0.29) is 30.5 Å². The van der Waals surface area contributed by atoms with E-state index >= 15 is 4.39 Å². The van der Waals surface area contributed by atoms with Crippen LogP contribution in [0.5, 0.6) is 0 Å². The molecule has 3 atom stereocenters. The van der Waals surface area contributed by atoms with Crippen molar-refractivity contribution >= 4 is 40.4 Å². The van der Waals surface area contributed by atoms with Crippen LogP contribution >= 0.6 is 0 Å². The van der Waals surface area contributed by atoms with Crippen LogP contribution in [0, 0.1) is 34.8 Å². The SMILES string of the molecule is C[C@H](NC(=O)[C@@H]1C[C@@H](C#N)CN1C(=O)CNC(=O)c1ccc2cc(F)ccc2n1)c1cc(F)c(N(C)C2CCN(C)CC2)cc1/C=C/C1CC1. The van der Waals surface area contributed by atoms with Crippen molar-refractivity contribution in [3.05, 3.63) is 77.0 Å². The van der Waals surface area contributed by atoms with E-state index in [4.69, 9.17) is 0 Å². The van der Waals surface area contributed by atoms with Crippen molar-refractivity contribution in [2.45, 2.75) is 57.2 Å². The van der Waals surface area contributed by atoms with Gasteiger partial charge in [0.25, 0.3) is 5.91 Å². The number of benzene rings is 2. The Labute approximate surface area is 291 Å². The largest absolute Gasteiger partial charge is 0.369 e. The molecule has 3 fully saturated rings. The molecule has 0 unspecified atom stereocenters. The molecule has 2 N–H and O–H groups in total. The van der Waals surface area contributed by atoms with E-state index in [1.165, 1.54) is 35.2 Å². The molecule has 262 valence electrons. The van der Waals surface area contributed by atoms with Crippen molar-refractivity contribution in [2.75, 3.05) is 45.2 Å². The lowest BCUT2D eigenvalue weighted by atomic mass is 9.97. The summed E-state index contributed by atoms with van der Waals surface area (Å²) >= 11 is 0. The smallest absolute Gasteiger partial charge is 0.270 e. The van der Waals surface area contributed by atoms with Gasteiger partial charge in [-0.15, -0.1) is 0 Å². The summed E-state index contributed by atoms with van der Waals surface area (Å²) in [5.74, 6) is -2.43. The van der Waals surface area contributed by atoms with Gasteiger partial charge in [-0.3, -0.25) is 14.4 Å². The normalized spacial score (nSPS) is 20.5. The molecule has 3 aromatic rings. The van der Waals surface area contributed by atoms with Crippen LogP contribution in [0.3, 0.4) is 0 Å². The number of hydrogen-bond acceptors (Lipinski definition) is 7. The van der Waals surface area contributed by atoms with Crippen molar-refractivity contribution < 1.29 is 23.2 Å². The van der Waals surface area contributed by atoms with Crippen LogP contribution in [0.4, 0.5) is 14.5 Å². The average Bonchev–Trinajstić information content (AvgIpc) is 3.84. The van der Waals surface area contributed by atoms with Crippen LogP contribution < -0.4 is 15.5 Å². The van der Waals surface area contributed by atoms with Gasteiger partial charge in [0.1, 0.15) is 23.4 Å². The maximum absolute atomic E-state index is 15.8. The van der Waals surface area contributed by atoms with E-state index in [0.29, 0.717) is 28.1 Å². The summed E-state index contributed by atoms with van der Waals surface area (Å²) in [6.45, 7) is 3.33. The molecule has 3 aliphatic rings. The maximum atomic E-state index is 15.8. The molecule has 50 heavy (non-hydrogen) atoms. The zero-order valence-corrected chi connectivity index (χ0v) is 28.7. The zero-order chi connectivity index (χ0) is 35.5. The first kappa shape index (κ1) is 35.0. The van der Waals surface area contributed by atoms with Gasteiger partial charge in [0.05, 0.1) is 35.8 Å². The molecule has 12 heteroatoms. The molecule has 1 aliphatic carbocycles. The number of fused-ring (bicyclic) bond motifs is 1. The number of amides is 3. The minimum atomic E-state index is -0.940. The highest BCUT2D eigenvalue weighted by Crippen LogP contribution is 2.35. The molecule has 0 bridgehead atoms. The third-order valence-corrected chi connectivity index (χ3v) is 10.2. The number of pyridine rings is 1. The summed E-state index contributed by atoms with van der Waals surface area (Å²) in [5, 5.41) is 15.7. The zero-order valence-electron chi connectivity index (χ0n) is 28.7. The molecule has 1 aromatic heterocycles. The van der Waals surface area contributed by atoms with Crippen LogP contribution in [0.1, 0.15) is 66.7 Å². The van der Waals surface area contributed by atoms with Gasteiger partial charge >= 0.3 is 0 Å². The molecule has 6 rings (SSSR count). The number of aromatic nitrogens is 1. The van der Waals surface area contributed by atoms with Gasteiger partial charge in [0.2, 0.25) is 11.8 Å². The number of allylic oxidation sites excluding steroid dienone is 1. The lowest BCUT2D eigenvalue weighted by molar-refractivity contribution is -0.138. The van der Waals surface area contributed by atoms with E-state index in [9.17, 15) is 24.0 Å². The monoisotopic (exact) mass is 683 g/mol. The van der Waals surface area contributed by atoms with E-state index in [1.807, 2.05) is 24.1 Å². The third-order valence-electron chi connectivity index (χ3n) is 10.2. The third kappa shape index (κ3) is 7.94. The van der Waals surface area contributed by atoms with E-state index < -0.39 is 48.1 Å². The summed E-state index contributed by atoms with van der Waals surface area (Å²) in [6.07, 6.45) is 8.42. The fourth-order valence-corrected chi connectivity index (χ4v) is 6.90. The number of halogens is 2. The number of nitriles is 1. The molecule has 0 radical (unpaired) electrons. The summed E-state index contributed by atoms with van der Waals surface area (Å²) in [4.78, 5) is 49.8. The van der Waals surface area contributed by atoms with Gasteiger partial charge < -0.3 is 25.3 Å². The Balaban J connectivity index is 1.14. The summed E-state index contributed by atoms with van der Waals surface area (Å²) in [7, 11) is 4.03. The fraction of sp³-hybridized carbons (Fsp3) is 0.447. The fourth-order valence-electron chi connectivity index (χ4n) is 6.90. The number of nitrogens with one attached hydrogen (secondary N) is 2. The van der Waals surface area contributed by atoms with Crippen molar-refractivity contribution in [1.82, 2.24) is 25.4 Å². The lowest BCUT2D eigenvalue weighted by Crippen LogP contribution is -2.49. The van der Waals surface area contributed by atoms with Crippen LogP contribution in [0.2, 0.25) is 0 Å². The Bertz CT molecular complexity index is 1850. The first-order chi connectivity index (χ1) is 24.0. The van der Waals surface area contributed by atoms with Crippen LogP contribution in [0.25, 0.3) is 17.0 Å². The molecule has 0 spiro atoms. The van der Waals surface area contributed by atoms with Gasteiger partial charge in [-0.25, -0.2) is 13.8 Å². The highest BCUT2D eigenvalue weighted by Gasteiger charge is 2.40. The quantitative estimate of drug-likeness (QED) is 0.315. The van der Waals surface area contributed by atoms with E-state index in [1.54, 1.807) is 13.0 Å². The number of piperidine rings is 1. The van der Waals surface area contributed by atoms with Gasteiger partial charge in [-0.1, -0.05) is 18.2 Å². The number of likely N-dealkylation sites (tertiary alicyclic amines) is 2. The minimum absolute atomic E-state index is 0.0411. The minimum Gasteiger partial charge on any atom is -0.369 e. The average molecular weight is 684 g/mol. The van der Waals surface area contributed by atoms with Crippen molar-refractivity contribution in [1.29, 1.82) is 5.26 Å². The summed E-state index contributed by atoms with van der Waals surface area (Å²) in [6, 6.07) is 11.3. The Morgan fingerprint density at radius 1 is 1.10 bits per heavy atom. The van der Waals surface area contributed by atoms with Gasteiger partial charge in [-0.2, -0.15) is 5.26 Å². The maximum Gasteiger partial charge on any atom is 0.270 e. The van der Waals surface area contributed by atoms with Crippen molar-refractivity contribution in [3.8, 4) is 6.07 Å². The second kappa shape index (κ2) is 14.9. The summed E-state index contributed by atoms with van der Waals surface area (Å²) in [5.41, 5.74) is 2.46. The second-order valence-corrected chi connectivity index (χ2v) is 13.8. The second-order valence-electron chi connectivity index (χ2n) is 13.8. The van der Waals surface area contributed by atoms with Crippen LogP contribution in [-0.4, -0.2) is 84.9 Å². The number of carbonyl (C=O) groups excluding carboxylic acids is 3. The van der Waals surface area contributed by atoms with Crippen LogP contribution in [0.15, 0.2) is 48.5 Å². The number of rotatable bonds is 10. The first-order valence-electron chi connectivity index (χ1n) is 17.3. The highest BCUT2D eigenvalue weighted by molar-refractivity contribution is 5.97. The topological polar surface area (TPSA) is 122 Å². The van der Waals surface area contributed by atoms with Crippen molar-refractivity contribution in [2.24, 2.45) is 11.8 Å². The Hall–Kier alpha value is -4.89. The van der Waals surface area contributed by atoms with Gasteiger partial charge in [0.15, 0.2) is 0 Å². The standard InChI is InChI=1S/C38H43F2N7O3/c1-23(30-19-31(40)34(18-26(30)7-6-24-4-5-24)46(3)29-12-14-45(2)15-13-29)43-38(50)35-16-25(20-41)22-47(35)36(48)21-42-37(49)33-10-8-27-17-28(39)9-11-32(27)44-33/h6-11,17-19,23-25,29,35H,4-5,12-16,21-22H2,1-3H3,(H,42,49)(H,43,50)/b7-6+/t23-,25-,35-/m0/s1. The molecule has 2 aromatic carbocycles. The number of nitrogens with zero attached hydrogens (tertiary/aromatic N) is 5. The molecule has 3 heterocycles. The number of anilines is 1. The lowest BCUT2D eigenvalue weighted by Gasteiger charge is -2.37. The molecule has 2 saturated heterocycles. The van der Waals surface area contributed by atoms with E-state index in [0.717, 1.165) is 44.3 Å². The summed E-state index contributed by atoms with van der Waals surface area (Å²) < 4.78 is 29.4. The first-order valence-corrected chi connectivity index (χ1v) is 17.3. The molecular weight excluding hydrogens is 640 g/mol. The number of carbonyl (C=O) groups is 3. The molecule has 1 saturated carbocycles. The Kier molecular flexibility index (Phi) is 10.4. The van der Waals surface area contributed by atoms with E-state index in [2.05, 4.69) is 39.7 Å². The van der Waals surface area contributed by atoms with Gasteiger partial charge in [-0.05, 0) is 113 Å². The molecule has 3 amide bonds. The predicted molar refractivity (Wildman–Crippen MR) is 187 cm³/mol. The number of hydrogen-bond donors (Lipinski definition) is 2. The Morgan fingerprint density at radius 3 is 2.58 bits per heavy atom. The van der Waals surface area contributed by atoms with Crippen molar-refractivity contribution in [3.63, 3.8) is 0 Å². The predicted octanol–water partition coefficient (Wildman–Crippen LogP) is 4.81. The highest BCUT2D eigenvalue weighted by atomic mass is 19.1. The van der Waals surface area contributed by atoms with Gasteiger partial charge in [0, 0.05) is 25.0 Å². The molecule has 2 aliphatic heterocycles. The van der Waals surface area contributed by atoms with Crippen LogP contribution in [-0.2, 0) is 9.59 Å². The molecule has 10 nitrogen and oxygen atoms in total. The molecular formula is C38H43F2N7O3.